The van der Waals surface area contributed by atoms with Crippen LogP contribution in [0, 0.1) is 0 Å². The first kappa shape index (κ1) is 6.14. The Morgan fingerprint density at radius 2 is 2.12 bits per heavy atom. The third-order valence-corrected chi connectivity index (χ3v) is 1.66. The van der Waals surface area contributed by atoms with Crippen LogP contribution in [0.2, 0.25) is 0 Å². The van der Waals surface area contributed by atoms with E-state index < -0.39 is 0 Å². The number of benzene rings is 1. The molecule has 0 unspecified atom stereocenters. The summed E-state index contributed by atoms with van der Waals surface area (Å²) >= 11 is 1.09. The molecule has 0 heterocycles. The second kappa shape index (κ2) is 2.53. The molecule has 0 aromatic heterocycles. The van der Waals surface area contributed by atoms with E-state index in [4.69, 9.17) is 5.73 Å². The van der Waals surface area contributed by atoms with Crippen molar-refractivity contribution < 1.29 is 0 Å². The maximum atomic E-state index is 5.48. The van der Waals surface area contributed by atoms with Crippen molar-refractivity contribution >= 4 is 36.4 Å². The summed E-state index contributed by atoms with van der Waals surface area (Å²) in [6, 6.07) is 7.98. The van der Waals surface area contributed by atoms with Crippen LogP contribution in [0.4, 0.5) is 5.69 Å². The molecule has 1 aromatic rings. The summed E-state index contributed by atoms with van der Waals surface area (Å²) in [6.07, 6.45) is 0. The van der Waals surface area contributed by atoms with Crippen molar-refractivity contribution in [1.82, 2.24) is 0 Å². The van der Waals surface area contributed by atoms with Crippen LogP contribution in [0.15, 0.2) is 24.3 Å². The summed E-state index contributed by atoms with van der Waals surface area (Å²) in [5.41, 5.74) is 6.35. The van der Waals surface area contributed by atoms with E-state index in [0.29, 0.717) is 0 Å². The molecule has 0 aliphatic rings. The number of nitrogens with two attached hydrogens (primary N) is 1. The zero-order valence-corrected chi connectivity index (χ0v) is 6.89. The molecule has 0 amide bonds. The molecular weight excluding hydrogens is 109 g/mol. The van der Waals surface area contributed by atoms with Gasteiger partial charge in [-0.1, -0.05) is 0 Å². The van der Waals surface area contributed by atoms with Gasteiger partial charge in [0, 0.05) is 0 Å². The molecule has 36 valence electrons. The molecule has 0 saturated carbocycles. The standard InChI is InChI=1S/C6H6N.Na/c7-6-4-2-1-3-5-6;/h1-2,4-5H,7H2;. The van der Waals surface area contributed by atoms with Crippen LogP contribution in [-0.4, -0.2) is 27.9 Å². The number of hydrogen-bond donors (Lipinski definition) is 1. The Kier molecular flexibility index (Phi) is 1.95. The van der Waals surface area contributed by atoms with Gasteiger partial charge in [0.1, 0.15) is 0 Å². The van der Waals surface area contributed by atoms with Gasteiger partial charge in [0.15, 0.2) is 0 Å². The van der Waals surface area contributed by atoms with Gasteiger partial charge in [-0.2, -0.15) is 0 Å². The molecule has 2 heteroatoms. The Balaban J connectivity index is 3.08. The Morgan fingerprint density at radius 3 is 2.50 bits per heavy atom. The number of rotatable bonds is 0. The van der Waals surface area contributed by atoms with Gasteiger partial charge < -0.3 is 0 Å². The van der Waals surface area contributed by atoms with E-state index >= 15 is 0 Å². The molecule has 1 nitrogen and oxygen atoms in total. The van der Waals surface area contributed by atoms with Gasteiger partial charge in [-0.3, -0.25) is 0 Å². The van der Waals surface area contributed by atoms with Gasteiger partial charge in [0.25, 0.3) is 0 Å². The minimum atomic E-state index is 0.873. The third kappa shape index (κ3) is 1.51. The van der Waals surface area contributed by atoms with Gasteiger partial charge in [0.2, 0.25) is 0 Å². The summed E-state index contributed by atoms with van der Waals surface area (Å²) in [4.78, 5) is 0. The average molecular weight is 115 g/mol. The van der Waals surface area contributed by atoms with Crippen LogP contribution in [-0.2, 0) is 0 Å². The van der Waals surface area contributed by atoms with Crippen LogP contribution in [0.5, 0.6) is 0 Å². The SMILES string of the molecule is Nc1ccc[c]([Na])c1. The molecule has 0 saturated heterocycles. The summed E-state index contributed by atoms with van der Waals surface area (Å²) in [7, 11) is 0. The van der Waals surface area contributed by atoms with Crippen molar-refractivity contribution in [3.63, 3.8) is 0 Å². The molecule has 2 N–H and O–H groups in total. The minimum absolute atomic E-state index is 0.873. The molecular formula is C6H6NNa. The fourth-order valence-electron chi connectivity index (χ4n) is 0.670. The van der Waals surface area contributed by atoms with E-state index in [-0.39, 0.29) is 0 Å². The van der Waals surface area contributed by atoms with Gasteiger partial charge in [0.05, 0.1) is 0 Å². The van der Waals surface area contributed by atoms with E-state index in [2.05, 4.69) is 6.07 Å². The van der Waals surface area contributed by atoms with Gasteiger partial charge >= 0.3 is 66.4 Å². The number of nitrogen functional groups attached to an aromatic ring is 1. The molecule has 0 atom stereocenters. The molecule has 0 spiro atoms. The second-order valence-corrected chi connectivity index (χ2v) is 3.07. The molecule has 0 fully saturated rings. The van der Waals surface area contributed by atoms with Crippen molar-refractivity contribution in [2.24, 2.45) is 0 Å². The van der Waals surface area contributed by atoms with E-state index in [0.717, 1.165) is 33.6 Å². The zero-order valence-electron chi connectivity index (χ0n) is 4.89. The predicted molar refractivity (Wildman–Crippen MR) is 36.2 cm³/mol. The van der Waals surface area contributed by atoms with Crippen LogP contribution in [0.1, 0.15) is 0 Å². The first-order chi connectivity index (χ1) is 3.79. The van der Waals surface area contributed by atoms with Gasteiger partial charge in [-0.25, -0.2) is 0 Å². The molecule has 0 radical (unpaired) electrons. The fraction of sp³-hybridized carbons (Fsp3) is 0. The quantitative estimate of drug-likeness (QED) is 0.375. The molecule has 8 heavy (non-hydrogen) atoms. The summed E-state index contributed by atoms with van der Waals surface area (Å²) in [5, 5.41) is 0. The first-order valence-corrected chi connectivity index (χ1v) is 3.61. The number of hydrogen-bond acceptors (Lipinski definition) is 1. The first-order valence-electron chi connectivity index (χ1n) is 2.61. The Hall–Kier alpha value is 0.0200. The van der Waals surface area contributed by atoms with E-state index in [1.807, 2.05) is 18.2 Å². The molecule has 1 rings (SSSR count). The average Bonchev–Trinajstić information content (AvgIpc) is 1.64. The van der Waals surface area contributed by atoms with Crippen LogP contribution < -0.4 is 8.55 Å². The third-order valence-electron chi connectivity index (χ3n) is 1.04. The van der Waals surface area contributed by atoms with Crippen molar-refractivity contribution in [2.75, 3.05) is 5.73 Å². The van der Waals surface area contributed by atoms with Crippen LogP contribution in [0.3, 0.4) is 0 Å². The fourth-order valence-corrected chi connectivity index (χ4v) is 1.20. The van der Waals surface area contributed by atoms with Crippen molar-refractivity contribution in [2.45, 2.75) is 0 Å². The van der Waals surface area contributed by atoms with Crippen molar-refractivity contribution in [1.29, 1.82) is 0 Å². The summed E-state index contributed by atoms with van der Waals surface area (Å²) in [6.45, 7) is 0. The maximum absolute atomic E-state index is 5.48. The van der Waals surface area contributed by atoms with Gasteiger partial charge in [-0.05, 0) is 0 Å². The van der Waals surface area contributed by atoms with E-state index in [1.165, 1.54) is 2.81 Å². The van der Waals surface area contributed by atoms with Crippen molar-refractivity contribution in [3.05, 3.63) is 24.3 Å². The van der Waals surface area contributed by atoms with Crippen LogP contribution in [0.25, 0.3) is 0 Å². The summed E-state index contributed by atoms with van der Waals surface area (Å²) < 4.78 is 1.35. The molecule has 0 aliphatic heterocycles. The second-order valence-electron chi connectivity index (χ2n) is 1.91. The van der Waals surface area contributed by atoms with Crippen molar-refractivity contribution in [3.8, 4) is 0 Å². The monoisotopic (exact) mass is 115 g/mol. The molecule has 1 aromatic carbocycles. The zero-order chi connectivity index (χ0) is 5.98. The van der Waals surface area contributed by atoms with Crippen LogP contribution >= 0.6 is 0 Å². The Morgan fingerprint density at radius 1 is 1.38 bits per heavy atom. The molecule has 0 bridgehead atoms. The van der Waals surface area contributed by atoms with E-state index in [1.54, 1.807) is 0 Å². The summed E-state index contributed by atoms with van der Waals surface area (Å²) in [5.74, 6) is 0. The topological polar surface area (TPSA) is 26.0 Å². The Bertz CT molecular complexity index is 168. The van der Waals surface area contributed by atoms with E-state index in [9.17, 15) is 0 Å². The predicted octanol–water partition coefficient (Wildman–Crippen LogP) is 0.0626. The Labute approximate surface area is 66.3 Å². The normalized spacial score (nSPS) is 9.25. The molecule has 0 aliphatic carbocycles. The van der Waals surface area contributed by atoms with Gasteiger partial charge in [-0.15, -0.1) is 0 Å². The number of anilines is 1.